The molecule has 0 unspecified atom stereocenters. The van der Waals surface area contributed by atoms with Gasteiger partial charge in [0.2, 0.25) is 5.91 Å². The molecule has 8 heteroatoms. The van der Waals surface area contributed by atoms with E-state index >= 15 is 0 Å². The molecule has 1 amide bonds. The van der Waals surface area contributed by atoms with E-state index in [-0.39, 0.29) is 23.2 Å². The fourth-order valence-electron chi connectivity index (χ4n) is 2.47. The molecule has 0 aliphatic rings. The fraction of sp³-hybridized carbons (Fsp3) is 0.412. The molecule has 2 N–H and O–H groups in total. The van der Waals surface area contributed by atoms with Crippen molar-refractivity contribution in [1.82, 2.24) is 9.78 Å². The van der Waals surface area contributed by atoms with E-state index in [1.807, 2.05) is 13.8 Å². The van der Waals surface area contributed by atoms with E-state index in [1.54, 1.807) is 19.1 Å². The molecule has 0 radical (unpaired) electrons. The van der Waals surface area contributed by atoms with Crippen molar-refractivity contribution < 1.29 is 18.7 Å². The zero-order valence-corrected chi connectivity index (χ0v) is 15.2. The van der Waals surface area contributed by atoms with Gasteiger partial charge >= 0.3 is 0 Å². The van der Waals surface area contributed by atoms with Crippen molar-refractivity contribution in [2.45, 2.75) is 46.6 Å². The second-order valence-electron chi connectivity index (χ2n) is 6.17. The molecule has 2 rings (SSSR count). The van der Waals surface area contributed by atoms with Crippen molar-refractivity contribution in [3.63, 3.8) is 0 Å². The molecular formula is C17H20ClF2N3O2. The van der Waals surface area contributed by atoms with E-state index in [1.165, 1.54) is 6.92 Å². The lowest BCUT2D eigenvalue weighted by Crippen LogP contribution is -2.21. The number of aromatic hydroxyl groups is 1. The maximum Gasteiger partial charge on any atom is 0.283 e. The number of carbonyl (C=O) groups excluding carboxylic acids is 1. The molecule has 0 bridgehead atoms. The first-order chi connectivity index (χ1) is 11.6. The summed E-state index contributed by atoms with van der Waals surface area (Å²) in [6.45, 7) is 6.89. The standard InChI is InChI=1S/C17H20ClF2N3O2/c1-8(2)11-6-12(9(3)5-13(11)24)21-14(25)7-23-10(4)15(18)16(22-23)17(19)20/h5-6,8,17,24H,7H2,1-4H3,(H,21,25). The number of nitrogens with one attached hydrogen (secondary N) is 1. The summed E-state index contributed by atoms with van der Waals surface area (Å²) >= 11 is 5.83. The van der Waals surface area contributed by atoms with Crippen LogP contribution in [0.5, 0.6) is 5.75 Å². The number of hydrogen-bond donors (Lipinski definition) is 2. The van der Waals surface area contributed by atoms with Crippen LogP contribution in [0.3, 0.4) is 0 Å². The molecule has 2 aromatic rings. The quantitative estimate of drug-likeness (QED) is 0.757. The van der Waals surface area contributed by atoms with Gasteiger partial charge in [0.25, 0.3) is 6.43 Å². The number of hydrogen-bond acceptors (Lipinski definition) is 3. The number of halogens is 3. The summed E-state index contributed by atoms with van der Waals surface area (Å²) < 4.78 is 26.8. The molecule has 0 atom stereocenters. The van der Waals surface area contributed by atoms with Crippen LogP contribution in [0.1, 0.15) is 48.7 Å². The van der Waals surface area contributed by atoms with Crippen molar-refractivity contribution >= 4 is 23.2 Å². The van der Waals surface area contributed by atoms with Crippen LogP contribution < -0.4 is 5.32 Å². The first-order valence-electron chi connectivity index (χ1n) is 7.76. The molecule has 0 aliphatic carbocycles. The van der Waals surface area contributed by atoms with Crippen LogP contribution in [0.2, 0.25) is 5.02 Å². The summed E-state index contributed by atoms with van der Waals surface area (Å²) in [5, 5.41) is 16.3. The molecule has 0 fully saturated rings. The number of aryl methyl sites for hydroxylation is 1. The lowest BCUT2D eigenvalue weighted by molar-refractivity contribution is -0.117. The van der Waals surface area contributed by atoms with Crippen LogP contribution in [-0.4, -0.2) is 20.8 Å². The van der Waals surface area contributed by atoms with Gasteiger partial charge in [-0.15, -0.1) is 0 Å². The zero-order chi connectivity index (χ0) is 18.9. The largest absolute Gasteiger partial charge is 0.508 e. The minimum absolute atomic E-state index is 0.0806. The minimum Gasteiger partial charge on any atom is -0.508 e. The Morgan fingerprint density at radius 3 is 2.52 bits per heavy atom. The molecule has 0 aliphatic heterocycles. The maximum absolute atomic E-state index is 12.8. The predicted molar refractivity (Wildman–Crippen MR) is 92.5 cm³/mol. The normalized spacial score (nSPS) is 11.4. The topological polar surface area (TPSA) is 67.2 Å². The zero-order valence-electron chi connectivity index (χ0n) is 14.4. The predicted octanol–water partition coefficient (Wildman–Crippen LogP) is 4.56. The van der Waals surface area contributed by atoms with Gasteiger partial charge in [0, 0.05) is 5.69 Å². The second-order valence-corrected chi connectivity index (χ2v) is 6.55. The van der Waals surface area contributed by atoms with Gasteiger partial charge in [-0.2, -0.15) is 5.10 Å². The van der Waals surface area contributed by atoms with Crippen molar-refractivity contribution in [2.24, 2.45) is 0 Å². The van der Waals surface area contributed by atoms with Gasteiger partial charge in [-0.05, 0) is 43.0 Å². The van der Waals surface area contributed by atoms with E-state index < -0.39 is 18.0 Å². The monoisotopic (exact) mass is 371 g/mol. The molecule has 0 saturated heterocycles. The Bertz CT molecular complexity index is 804. The van der Waals surface area contributed by atoms with Crippen molar-refractivity contribution in [3.8, 4) is 5.75 Å². The summed E-state index contributed by atoms with van der Waals surface area (Å²) in [7, 11) is 0. The molecule has 1 aromatic carbocycles. The van der Waals surface area contributed by atoms with E-state index in [0.717, 1.165) is 4.68 Å². The first kappa shape index (κ1) is 19.2. The summed E-state index contributed by atoms with van der Waals surface area (Å²) in [4.78, 5) is 12.3. The highest BCUT2D eigenvalue weighted by Gasteiger charge is 2.22. The number of anilines is 1. The van der Waals surface area contributed by atoms with Crippen molar-refractivity contribution in [2.75, 3.05) is 5.32 Å². The van der Waals surface area contributed by atoms with E-state index in [2.05, 4.69) is 10.4 Å². The van der Waals surface area contributed by atoms with Gasteiger partial charge in [0.1, 0.15) is 18.0 Å². The fourth-order valence-corrected chi connectivity index (χ4v) is 2.69. The number of alkyl halides is 2. The SMILES string of the molecule is Cc1cc(O)c(C(C)C)cc1NC(=O)Cn1nc(C(F)F)c(Cl)c1C. The summed E-state index contributed by atoms with van der Waals surface area (Å²) in [5.41, 5.74) is 1.72. The van der Waals surface area contributed by atoms with Gasteiger partial charge in [-0.25, -0.2) is 8.78 Å². The Balaban J connectivity index is 2.21. The molecule has 0 saturated carbocycles. The van der Waals surface area contributed by atoms with Crippen LogP contribution in [0.4, 0.5) is 14.5 Å². The van der Waals surface area contributed by atoms with E-state index in [0.29, 0.717) is 22.5 Å². The third-order valence-electron chi connectivity index (χ3n) is 3.93. The Kier molecular flexibility index (Phi) is 5.67. The third-order valence-corrected chi connectivity index (χ3v) is 4.40. The molecule has 0 spiro atoms. The Hall–Kier alpha value is -2.15. The molecule has 136 valence electrons. The minimum atomic E-state index is -2.80. The van der Waals surface area contributed by atoms with Crippen LogP contribution in [-0.2, 0) is 11.3 Å². The second kappa shape index (κ2) is 7.39. The van der Waals surface area contributed by atoms with Crippen LogP contribution in [0.25, 0.3) is 0 Å². The Morgan fingerprint density at radius 2 is 2.00 bits per heavy atom. The van der Waals surface area contributed by atoms with Gasteiger partial charge < -0.3 is 10.4 Å². The lowest BCUT2D eigenvalue weighted by atomic mass is 9.99. The van der Waals surface area contributed by atoms with Crippen molar-refractivity contribution in [3.05, 3.63) is 39.7 Å². The van der Waals surface area contributed by atoms with Crippen LogP contribution >= 0.6 is 11.6 Å². The highest BCUT2D eigenvalue weighted by molar-refractivity contribution is 6.31. The Labute approximate surface area is 149 Å². The summed E-state index contributed by atoms with van der Waals surface area (Å²) in [6.07, 6.45) is -2.80. The number of benzene rings is 1. The third kappa shape index (κ3) is 4.10. The molecule has 5 nitrogen and oxygen atoms in total. The van der Waals surface area contributed by atoms with E-state index in [4.69, 9.17) is 11.6 Å². The van der Waals surface area contributed by atoms with Crippen molar-refractivity contribution in [1.29, 1.82) is 0 Å². The highest BCUT2D eigenvalue weighted by atomic mass is 35.5. The molecular weight excluding hydrogens is 352 g/mol. The first-order valence-corrected chi connectivity index (χ1v) is 8.13. The number of rotatable bonds is 5. The number of amides is 1. The number of carbonyl (C=O) groups is 1. The summed E-state index contributed by atoms with van der Waals surface area (Å²) in [5.74, 6) is -0.176. The summed E-state index contributed by atoms with van der Waals surface area (Å²) in [6, 6.07) is 3.29. The smallest absolute Gasteiger partial charge is 0.283 e. The molecule has 1 heterocycles. The van der Waals surface area contributed by atoms with Gasteiger partial charge in [-0.3, -0.25) is 9.48 Å². The van der Waals surface area contributed by atoms with Gasteiger partial charge in [0.05, 0.1) is 10.7 Å². The highest BCUT2D eigenvalue weighted by Crippen LogP contribution is 2.31. The number of nitrogens with zero attached hydrogens (tertiary/aromatic N) is 2. The van der Waals surface area contributed by atoms with Crippen LogP contribution in [0.15, 0.2) is 12.1 Å². The van der Waals surface area contributed by atoms with Gasteiger partial charge in [-0.1, -0.05) is 25.4 Å². The van der Waals surface area contributed by atoms with Gasteiger partial charge in [0.15, 0.2) is 0 Å². The molecule has 25 heavy (non-hydrogen) atoms. The average molecular weight is 372 g/mol. The average Bonchev–Trinajstić information content (AvgIpc) is 2.78. The molecule has 1 aromatic heterocycles. The number of phenols is 1. The van der Waals surface area contributed by atoms with Crippen LogP contribution in [0, 0.1) is 13.8 Å². The Morgan fingerprint density at radius 1 is 1.36 bits per heavy atom. The van der Waals surface area contributed by atoms with E-state index in [9.17, 15) is 18.7 Å². The maximum atomic E-state index is 12.8. The number of aromatic nitrogens is 2. The lowest BCUT2D eigenvalue weighted by Gasteiger charge is -2.14. The number of phenolic OH excluding ortho intramolecular Hbond substituents is 1.